The molecule has 5 nitrogen and oxygen atoms in total. The van der Waals surface area contributed by atoms with Crippen LogP contribution in [0.15, 0.2) is 60.8 Å². The van der Waals surface area contributed by atoms with Crippen LogP contribution >= 0.6 is 0 Å². The van der Waals surface area contributed by atoms with Gasteiger partial charge in [-0.25, -0.2) is 0 Å². The van der Waals surface area contributed by atoms with Crippen LogP contribution in [-0.4, -0.2) is 29.0 Å². The fraction of sp³-hybridized carbons (Fsp3) is 0.296. The minimum absolute atomic E-state index is 0.0417. The Morgan fingerprint density at radius 1 is 1.09 bits per heavy atom. The molecule has 1 aliphatic carbocycles. The van der Waals surface area contributed by atoms with Gasteiger partial charge in [0.15, 0.2) is 0 Å². The number of allylic oxidation sites excluding steroid dienone is 1. The summed E-state index contributed by atoms with van der Waals surface area (Å²) >= 11 is 0. The van der Waals surface area contributed by atoms with E-state index in [0.717, 1.165) is 40.3 Å². The second-order valence-electron chi connectivity index (χ2n) is 8.40. The van der Waals surface area contributed by atoms with Crippen molar-refractivity contribution < 1.29 is 14.4 Å². The van der Waals surface area contributed by atoms with E-state index in [4.69, 9.17) is 0 Å². The number of fused-ring (bicyclic) bond motifs is 2. The van der Waals surface area contributed by atoms with Gasteiger partial charge in [-0.15, -0.1) is 0 Å². The first-order valence-electron chi connectivity index (χ1n) is 11.2. The number of amides is 1. The minimum atomic E-state index is -0.623. The first kappa shape index (κ1) is 21.8. The number of carbonyl (C=O) groups is 3. The number of para-hydroxylation sites is 1. The molecule has 1 aliphatic rings. The van der Waals surface area contributed by atoms with E-state index in [0.29, 0.717) is 19.3 Å². The maximum absolute atomic E-state index is 13.2. The van der Waals surface area contributed by atoms with Gasteiger partial charge in [0.1, 0.15) is 12.1 Å². The minimum Gasteiger partial charge on any atom is -0.361 e. The van der Waals surface area contributed by atoms with Gasteiger partial charge in [-0.3, -0.25) is 9.59 Å². The molecule has 0 aliphatic heterocycles. The van der Waals surface area contributed by atoms with Crippen LogP contribution in [0.4, 0.5) is 0 Å². The van der Waals surface area contributed by atoms with Crippen molar-refractivity contribution in [2.75, 3.05) is 0 Å². The molecule has 1 heterocycles. The average molecular weight is 429 g/mol. The fourth-order valence-corrected chi connectivity index (χ4v) is 4.46. The van der Waals surface area contributed by atoms with Gasteiger partial charge >= 0.3 is 0 Å². The number of hydrogen-bond acceptors (Lipinski definition) is 3. The number of Topliss-reactive ketones (excluding diaryl/α,β-unsaturated/α-hetero) is 1. The molecule has 1 amide bonds. The molecule has 0 bridgehead atoms. The monoisotopic (exact) mass is 428 g/mol. The van der Waals surface area contributed by atoms with E-state index in [-0.39, 0.29) is 18.1 Å². The molecule has 0 saturated carbocycles. The fourth-order valence-electron chi connectivity index (χ4n) is 4.46. The number of carbonyl (C=O) groups excluding carboxylic acids is 3. The third kappa shape index (κ3) is 4.72. The number of ketones is 1. The molecule has 0 fully saturated rings. The normalized spacial score (nSPS) is 14.5. The molecule has 1 aromatic heterocycles. The summed E-state index contributed by atoms with van der Waals surface area (Å²) < 4.78 is 0. The summed E-state index contributed by atoms with van der Waals surface area (Å²) in [4.78, 5) is 40.5. The molecular formula is C27H28N2O3. The molecule has 32 heavy (non-hydrogen) atoms. The van der Waals surface area contributed by atoms with E-state index in [1.54, 1.807) is 6.92 Å². The summed E-state index contributed by atoms with van der Waals surface area (Å²) in [5.41, 5.74) is 5.46. The SMILES string of the molecule is CCC(=O)CC(Cc1c[nH]c2ccccc12)C(=O)NC(C=O)CC1=CCc2ccccc21. The predicted molar refractivity (Wildman–Crippen MR) is 126 cm³/mol. The van der Waals surface area contributed by atoms with Crippen LogP contribution < -0.4 is 5.32 Å². The van der Waals surface area contributed by atoms with Gasteiger partial charge in [0.2, 0.25) is 5.91 Å². The van der Waals surface area contributed by atoms with Gasteiger partial charge in [0.25, 0.3) is 0 Å². The molecule has 2 atom stereocenters. The Morgan fingerprint density at radius 2 is 1.88 bits per heavy atom. The molecule has 164 valence electrons. The van der Waals surface area contributed by atoms with E-state index >= 15 is 0 Å². The quantitative estimate of drug-likeness (QED) is 0.470. The van der Waals surface area contributed by atoms with Crippen molar-refractivity contribution in [2.24, 2.45) is 5.92 Å². The van der Waals surface area contributed by atoms with Crippen molar-refractivity contribution in [1.29, 1.82) is 0 Å². The van der Waals surface area contributed by atoms with Gasteiger partial charge in [0.05, 0.1) is 6.04 Å². The van der Waals surface area contributed by atoms with Crippen LogP contribution in [0, 0.1) is 5.92 Å². The third-order valence-electron chi connectivity index (χ3n) is 6.24. The van der Waals surface area contributed by atoms with Crippen LogP contribution in [-0.2, 0) is 27.2 Å². The zero-order valence-corrected chi connectivity index (χ0v) is 18.3. The highest BCUT2D eigenvalue weighted by Gasteiger charge is 2.26. The summed E-state index contributed by atoms with van der Waals surface area (Å²) in [6.07, 6.45) is 7.11. The number of aromatic nitrogens is 1. The smallest absolute Gasteiger partial charge is 0.224 e. The van der Waals surface area contributed by atoms with Crippen molar-refractivity contribution in [3.63, 3.8) is 0 Å². The Bertz CT molecular complexity index is 1170. The van der Waals surface area contributed by atoms with E-state index in [2.05, 4.69) is 28.5 Å². The molecular weight excluding hydrogens is 400 g/mol. The zero-order valence-electron chi connectivity index (χ0n) is 18.3. The van der Waals surface area contributed by atoms with E-state index in [1.807, 2.05) is 42.6 Å². The number of H-pyrrole nitrogens is 1. The first-order valence-corrected chi connectivity index (χ1v) is 11.2. The maximum Gasteiger partial charge on any atom is 0.224 e. The van der Waals surface area contributed by atoms with Gasteiger partial charge in [-0.2, -0.15) is 0 Å². The highest BCUT2D eigenvalue weighted by atomic mass is 16.2. The number of rotatable bonds is 10. The van der Waals surface area contributed by atoms with Gasteiger partial charge < -0.3 is 15.1 Å². The van der Waals surface area contributed by atoms with Crippen LogP contribution in [0.3, 0.4) is 0 Å². The standard InChI is InChI=1S/C27H28N2O3/c1-2-23(31)15-20(13-21-16-28-26-10-6-5-9-25(21)26)27(32)29-22(17-30)14-19-12-11-18-7-3-4-8-24(18)19/h3-10,12,16-17,20,22,28H,2,11,13-15H2,1H3,(H,29,32). The Hall–Kier alpha value is -3.47. The summed E-state index contributed by atoms with van der Waals surface area (Å²) in [7, 11) is 0. The molecule has 3 aromatic rings. The summed E-state index contributed by atoms with van der Waals surface area (Å²) in [6, 6.07) is 15.4. The highest BCUT2D eigenvalue weighted by Crippen LogP contribution is 2.30. The second-order valence-corrected chi connectivity index (χ2v) is 8.40. The van der Waals surface area contributed by atoms with Crippen molar-refractivity contribution in [3.05, 3.63) is 77.5 Å². The van der Waals surface area contributed by atoms with E-state index in [9.17, 15) is 14.4 Å². The molecule has 5 heteroatoms. The maximum atomic E-state index is 13.2. The lowest BCUT2D eigenvalue weighted by Crippen LogP contribution is -2.41. The van der Waals surface area contributed by atoms with Gasteiger partial charge in [0, 0.05) is 35.9 Å². The summed E-state index contributed by atoms with van der Waals surface area (Å²) in [5, 5.41) is 3.95. The summed E-state index contributed by atoms with van der Waals surface area (Å²) in [5.74, 6) is -0.727. The molecule has 0 spiro atoms. The lowest BCUT2D eigenvalue weighted by Gasteiger charge is -2.20. The highest BCUT2D eigenvalue weighted by molar-refractivity contribution is 5.90. The lowest BCUT2D eigenvalue weighted by atomic mass is 9.92. The van der Waals surface area contributed by atoms with Crippen LogP contribution in [0.1, 0.15) is 42.9 Å². The Kier molecular flexibility index (Phi) is 6.64. The topological polar surface area (TPSA) is 79.0 Å². The molecule has 0 saturated heterocycles. The van der Waals surface area contributed by atoms with Crippen molar-refractivity contribution in [3.8, 4) is 0 Å². The number of benzene rings is 2. The van der Waals surface area contributed by atoms with Gasteiger partial charge in [-0.1, -0.05) is 55.5 Å². The molecule has 2 unspecified atom stereocenters. The van der Waals surface area contributed by atoms with Crippen molar-refractivity contribution in [1.82, 2.24) is 10.3 Å². The first-order chi connectivity index (χ1) is 15.6. The average Bonchev–Trinajstić information content (AvgIpc) is 3.42. The molecule has 4 rings (SSSR count). The molecule has 0 radical (unpaired) electrons. The second kappa shape index (κ2) is 9.77. The van der Waals surface area contributed by atoms with E-state index in [1.165, 1.54) is 5.56 Å². The van der Waals surface area contributed by atoms with E-state index < -0.39 is 12.0 Å². The molecule has 2 aromatic carbocycles. The molecule has 2 N–H and O–H groups in total. The van der Waals surface area contributed by atoms with Crippen LogP contribution in [0.25, 0.3) is 16.5 Å². The predicted octanol–water partition coefficient (Wildman–Crippen LogP) is 4.41. The summed E-state index contributed by atoms with van der Waals surface area (Å²) in [6.45, 7) is 1.81. The zero-order chi connectivity index (χ0) is 22.5. The van der Waals surface area contributed by atoms with Crippen LogP contribution in [0.5, 0.6) is 0 Å². The number of aldehydes is 1. The van der Waals surface area contributed by atoms with Crippen molar-refractivity contribution >= 4 is 34.5 Å². The Morgan fingerprint density at radius 3 is 2.69 bits per heavy atom. The number of aromatic amines is 1. The van der Waals surface area contributed by atoms with Crippen molar-refractivity contribution in [2.45, 2.75) is 45.1 Å². The lowest BCUT2D eigenvalue weighted by molar-refractivity contribution is -0.130. The number of hydrogen-bond donors (Lipinski definition) is 2. The number of nitrogens with one attached hydrogen (secondary N) is 2. The van der Waals surface area contributed by atoms with Crippen LogP contribution in [0.2, 0.25) is 0 Å². The third-order valence-corrected chi connectivity index (χ3v) is 6.24. The van der Waals surface area contributed by atoms with Gasteiger partial charge in [-0.05, 0) is 47.6 Å². The largest absolute Gasteiger partial charge is 0.361 e. The Balaban J connectivity index is 1.48. The Labute approximate surface area is 187 Å².